The number of nitrogens with one attached hydrogen (secondary N) is 1. The number of carbonyl (C=O) groups excluding carboxylic acids is 2. The number of methoxy groups -OCH3 is 2. The fourth-order valence-corrected chi connectivity index (χ4v) is 9.60. The number of hydrogen-bond donors (Lipinski definition) is 2. The number of azide groups is 1. The summed E-state index contributed by atoms with van der Waals surface area (Å²) < 4.78 is 74.8. The molecule has 2 N–H and O–H groups in total. The minimum Gasteiger partial charge on any atom is -0.463 e. The molecule has 0 amide bonds. The van der Waals surface area contributed by atoms with Crippen molar-refractivity contribution >= 4 is 11.9 Å². The Morgan fingerprint density at radius 3 is 1.82 bits per heavy atom. The van der Waals surface area contributed by atoms with Crippen LogP contribution in [0.5, 0.6) is 0 Å². The van der Waals surface area contributed by atoms with Gasteiger partial charge in [0.05, 0.1) is 48.7 Å². The average Bonchev–Trinajstić information content (AvgIpc) is 3.27. The molecule has 20 atom stereocenters. The Balaban J connectivity index is 1.28. The van der Waals surface area contributed by atoms with E-state index in [2.05, 4.69) is 39.6 Å². The molecule has 4 heterocycles. The van der Waals surface area contributed by atoms with Gasteiger partial charge in [0, 0.05) is 57.3 Å². The maximum Gasteiger partial charge on any atom is 0.302 e. The Morgan fingerprint density at radius 1 is 0.692 bits per heavy atom. The number of rotatable bonds is 21. The maximum atomic E-state index is 12.1. The van der Waals surface area contributed by atoms with Crippen molar-refractivity contribution in [2.45, 2.75) is 179 Å². The van der Waals surface area contributed by atoms with Gasteiger partial charge in [0.15, 0.2) is 25.2 Å². The molecule has 4 aliphatic rings. The predicted octanol–water partition coefficient (Wildman–Crippen LogP) is 4.84. The van der Waals surface area contributed by atoms with E-state index in [0.717, 1.165) is 25.7 Å². The van der Waals surface area contributed by atoms with Gasteiger partial charge in [0.1, 0.15) is 37.6 Å². The highest BCUT2D eigenvalue weighted by molar-refractivity contribution is 5.66. The zero-order chi connectivity index (χ0) is 47.4. The van der Waals surface area contributed by atoms with E-state index in [4.69, 9.17) is 56.8 Å². The summed E-state index contributed by atoms with van der Waals surface area (Å²) in [6, 6.07) is 9.24. The molecule has 8 unspecified atom stereocenters. The van der Waals surface area contributed by atoms with Gasteiger partial charge in [0.25, 0.3) is 0 Å². The quantitative estimate of drug-likeness (QED) is 0.0553. The molecule has 0 aromatic heterocycles. The second-order valence-corrected chi connectivity index (χ2v) is 17.9. The van der Waals surface area contributed by atoms with E-state index in [-0.39, 0.29) is 25.2 Å². The molecule has 0 radical (unpaired) electrons. The van der Waals surface area contributed by atoms with Crippen molar-refractivity contribution in [1.82, 2.24) is 5.32 Å². The summed E-state index contributed by atoms with van der Waals surface area (Å²) in [5.41, 5.74) is 11.1. The number of aryl methyl sites for hydroxylation is 1. The molecular formula is C46H74N4O15. The lowest BCUT2D eigenvalue weighted by atomic mass is 9.87. The van der Waals surface area contributed by atoms with E-state index in [9.17, 15) is 20.2 Å². The van der Waals surface area contributed by atoms with Gasteiger partial charge in [-0.3, -0.25) is 9.59 Å². The van der Waals surface area contributed by atoms with Crippen LogP contribution in [0.3, 0.4) is 0 Å². The van der Waals surface area contributed by atoms with Crippen LogP contribution in [0.2, 0.25) is 0 Å². The zero-order valence-corrected chi connectivity index (χ0v) is 39.9. The van der Waals surface area contributed by atoms with Crippen molar-refractivity contribution in [3.05, 3.63) is 46.3 Å². The fourth-order valence-electron chi connectivity index (χ4n) is 9.60. The first kappa shape index (κ1) is 53.0. The second-order valence-electron chi connectivity index (χ2n) is 17.9. The lowest BCUT2D eigenvalue weighted by molar-refractivity contribution is -0.360. The number of nitrogens with zero attached hydrogens (tertiary/aromatic N) is 3. The van der Waals surface area contributed by atoms with Crippen LogP contribution in [-0.4, -0.2) is 156 Å². The summed E-state index contributed by atoms with van der Waals surface area (Å²) in [6.45, 7) is 14.1. The Bertz CT molecular complexity index is 1660. The Morgan fingerprint density at radius 2 is 1.25 bits per heavy atom. The van der Waals surface area contributed by atoms with Crippen LogP contribution < -0.4 is 5.32 Å². The average molecular weight is 923 g/mol. The number of hydrogen-bond acceptors (Lipinski definition) is 17. The molecule has 19 heteroatoms. The predicted molar refractivity (Wildman–Crippen MR) is 234 cm³/mol. The molecule has 0 aliphatic carbocycles. The van der Waals surface area contributed by atoms with Crippen molar-refractivity contribution in [3.8, 4) is 0 Å². The minimum absolute atomic E-state index is 0.0508. The van der Waals surface area contributed by atoms with Crippen molar-refractivity contribution in [1.29, 1.82) is 0 Å². The monoisotopic (exact) mass is 923 g/mol. The summed E-state index contributed by atoms with van der Waals surface area (Å²) >= 11 is 0. The van der Waals surface area contributed by atoms with Crippen LogP contribution in [0.25, 0.3) is 10.4 Å². The summed E-state index contributed by atoms with van der Waals surface area (Å²) in [7, 11) is 4.94. The highest BCUT2D eigenvalue weighted by Crippen LogP contribution is 2.40. The summed E-state index contributed by atoms with van der Waals surface area (Å²) in [5, 5.41) is 18.2. The normalized spacial score (nSPS) is 39.8. The van der Waals surface area contributed by atoms with Crippen molar-refractivity contribution in [2.75, 3.05) is 41.1 Å². The molecule has 4 fully saturated rings. The van der Waals surface area contributed by atoms with Gasteiger partial charge in [0.2, 0.25) is 0 Å². The first-order chi connectivity index (χ1) is 31.1. The molecule has 0 saturated carbocycles. The number of likely N-dealkylation sites (N-methyl/N-ethyl adjacent to an activating group) is 1. The van der Waals surface area contributed by atoms with Gasteiger partial charge in [-0.15, -0.1) is 0 Å². The zero-order valence-electron chi connectivity index (χ0n) is 39.9. The highest BCUT2D eigenvalue weighted by atomic mass is 16.8. The van der Waals surface area contributed by atoms with E-state index in [1.807, 2.05) is 47.7 Å². The number of aliphatic hydroxyl groups excluding tert-OH is 1. The van der Waals surface area contributed by atoms with Gasteiger partial charge < -0.3 is 67.3 Å². The molecule has 4 aliphatic heterocycles. The molecule has 368 valence electrons. The van der Waals surface area contributed by atoms with Crippen LogP contribution in [0.4, 0.5) is 0 Å². The Hall–Kier alpha value is -3.01. The number of esters is 2. The molecule has 19 nitrogen and oxygen atoms in total. The third-order valence-corrected chi connectivity index (χ3v) is 13.3. The van der Waals surface area contributed by atoms with E-state index in [1.165, 1.54) is 26.5 Å². The lowest BCUT2D eigenvalue weighted by Gasteiger charge is -2.51. The van der Waals surface area contributed by atoms with Crippen LogP contribution in [0.1, 0.15) is 80.2 Å². The third-order valence-electron chi connectivity index (χ3n) is 13.3. The molecule has 0 spiro atoms. The summed E-state index contributed by atoms with van der Waals surface area (Å²) in [6.07, 6.45) is -6.52. The van der Waals surface area contributed by atoms with Gasteiger partial charge in [-0.2, -0.15) is 0 Å². The number of aliphatic hydroxyl groups is 1. The van der Waals surface area contributed by atoms with Crippen LogP contribution >= 0.6 is 0 Å². The van der Waals surface area contributed by atoms with Gasteiger partial charge in [-0.25, -0.2) is 0 Å². The fraction of sp³-hybridized carbons (Fsp3) is 0.826. The Kier molecular flexibility index (Phi) is 20.7. The maximum absolute atomic E-state index is 12.1. The SMILES string of the molecule is CNC1[C@H](OCCCCCc2ccccc2)OC(COC(C)=O)[C@@H](O[C@@H]2OC(C)[C@H](O[C@@H]3OC(COC(C)=O)[C@@H](O[C@@H]4OC(C)[C@@H](O)C(OC)[C@@H]4C)[C@H](C)C3N=[N+]=[N-])C(OC)[C@@H]2C)[C@@H]1C. The summed E-state index contributed by atoms with van der Waals surface area (Å²) in [5.74, 6) is -2.52. The van der Waals surface area contributed by atoms with Gasteiger partial charge >= 0.3 is 11.9 Å². The first-order valence-corrected chi connectivity index (χ1v) is 23.1. The lowest BCUT2D eigenvalue weighted by Crippen LogP contribution is -2.64. The van der Waals surface area contributed by atoms with E-state index < -0.39 is 122 Å². The van der Waals surface area contributed by atoms with Gasteiger partial charge in [-0.05, 0) is 57.2 Å². The number of carbonyl (C=O) groups is 2. The minimum atomic E-state index is -1.14. The topological polar surface area (TPSA) is 226 Å². The molecule has 1 aromatic carbocycles. The van der Waals surface area contributed by atoms with Crippen LogP contribution in [0.15, 0.2) is 35.4 Å². The second kappa shape index (κ2) is 25.4. The van der Waals surface area contributed by atoms with Crippen molar-refractivity contribution < 1.29 is 71.5 Å². The van der Waals surface area contributed by atoms with E-state index >= 15 is 0 Å². The first-order valence-electron chi connectivity index (χ1n) is 23.1. The van der Waals surface area contributed by atoms with Crippen LogP contribution in [0, 0.1) is 23.7 Å². The van der Waals surface area contributed by atoms with Crippen molar-refractivity contribution in [3.63, 3.8) is 0 Å². The molecule has 65 heavy (non-hydrogen) atoms. The largest absolute Gasteiger partial charge is 0.463 e. The smallest absolute Gasteiger partial charge is 0.302 e. The number of benzene rings is 1. The summed E-state index contributed by atoms with van der Waals surface area (Å²) in [4.78, 5) is 27.3. The molecule has 0 bridgehead atoms. The molecular weight excluding hydrogens is 849 g/mol. The third kappa shape index (κ3) is 13.6. The molecule has 1 aromatic rings. The molecule has 5 rings (SSSR count). The van der Waals surface area contributed by atoms with Crippen LogP contribution in [-0.2, 0) is 72.9 Å². The molecule has 4 saturated heterocycles. The standard InChI is InChI=1S/C46H74N4O15/c1-24-35(48-9)45(56-21-17-13-16-20-32-18-14-12-15-19-32)61-33(22-57-30(7)51)38(24)63-44-27(4)41(55-11)42(29(6)60-44)65-46-36(49-50-47)25(2)39(34(62-46)23-58-31(8)52)64-43-26(3)40(54-10)37(53)28(5)59-43/h12,14-15,18-19,24-29,33-46,48,53H,13,16-17,20-23H2,1-11H3/t24-,25-,26+,27+,28?,29?,33?,34?,35?,36?,37-,38+,39+,40?,41?,42+,43+,44+,45-,46+/m1/s1. The Labute approximate surface area is 383 Å². The number of ether oxygens (including phenoxy) is 12. The number of unbranched alkanes of at least 4 members (excludes halogenated alkanes) is 2. The van der Waals surface area contributed by atoms with E-state index in [1.54, 1.807) is 14.0 Å². The van der Waals surface area contributed by atoms with Gasteiger partial charge in [-0.1, -0.05) is 69.6 Å². The van der Waals surface area contributed by atoms with Crippen molar-refractivity contribution in [2.24, 2.45) is 28.8 Å². The van der Waals surface area contributed by atoms with E-state index in [0.29, 0.717) is 6.61 Å². The highest BCUT2D eigenvalue weighted by Gasteiger charge is 2.54.